The predicted molar refractivity (Wildman–Crippen MR) is 52.5 cm³/mol. The second-order valence-electron chi connectivity index (χ2n) is 3.97. The minimum atomic E-state index is -0.322. The fourth-order valence-electron chi connectivity index (χ4n) is 2.18. The summed E-state index contributed by atoms with van der Waals surface area (Å²) in [6.07, 6.45) is 4.24. The van der Waals surface area contributed by atoms with Crippen molar-refractivity contribution >= 4 is 0 Å². The van der Waals surface area contributed by atoms with Crippen LogP contribution >= 0.6 is 0 Å². The van der Waals surface area contributed by atoms with E-state index in [9.17, 15) is 5.11 Å². The number of hydrogen-bond acceptors (Lipinski definition) is 3. The fourth-order valence-corrected chi connectivity index (χ4v) is 2.18. The van der Waals surface area contributed by atoms with Crippen LogP contribution in [0.5, 0.6) is 0 Å². The molecule has 0 radical (unpaired) electrons. The number of hydrogen-bond donors (Lipinski definition) is 2. The van der Waals surface area contributed by atoms with Crippen LogP contribution in [0.1, 0.15) is 32.6 Å². The van der Waals surface area contributed by atoms with Crippen molar-refractivity contribution in [2.24, 2.45) is 11.7 Å². The number of ether oxygens (including phenoxy) is 1. The van der Waals surface area contributed by atoms with Gasteiger partial charge in [-0.05, 0) is 32.1 Å². The van der Waals surface area contributed by atoms with Crippen LogP contribution in [-0.2, 0) is 4.74 Å². The first-order valence-electron chi connectivity index (χ1n) is 5.20. The van der Waals surface area contributed by atoms with E-state index in [4.69, 9.17) is 10.5 Å². The monoisotopic (exact) mass is 187 g/mol. The standard InChI is InChI=1S/C10H21NO2/c1-2-13-7-5-9-4-3-6-10(9,11)8-12/h9,12H,2-8,11H2,1H3. The van der Waals surface area contributed by atoms with Gasteiger partial charge < -0.3 is 15.6 Å². The summed E-state index contributed by atoms with van der Waals surface area (Å²) < 4.78 is 5.30. The summed E-state index contributed by atoms with van der Waals surface area (Å²) in [6.45, 7) is 3.66. The van der Waals surface area contributed by atoms with Gasteiger partial charge in [-0.15, -0.1) is 0 Å². The Bertz CT molecular complexity index is 152. The molecule has 0 spiro atoms. The maximum Gasteiger partial charge on any atom is 0.0613 e. The van der Waals surface area contributed by atoms with Gasteiger partial charge in [-0.2, -0.15) is 0 Å². The number of nitrogens with two attached hydrogens (primary N) is 1. The molecule has 0 aliphatic heterocycles. The maximum atomic E-state index is 9.19. The molecule has 1 rings (SSSR count). The van der Waals surface area contributed by atoms with Gasteiger partial charge in [-0.1, -0.05) is 6.42 Å². The second-order valence-corrected chi connectivity index (χ2v) is 3.97. The van der Waals surface area contributed by atoms with E-state index in [2.05, 4.69) is 0 Å². The van der Waals surface area contributed by atoms with Crippen molar-refractivity contribution in [2.45, 2.75) is 38.1 Å². The van der Waals surface area contributed by atoms with Gasteiger partial charge >= 0.3 is 0 Å². The molecule has 2 atom stereocenters. The average molecular weight is 187 g/mol. The van der Waals surface area contributed by atoms with Crippen molar-refractivity contribution in [1.82, 2.24) is 0 Å². The molecule has 0 bridgehead atoms. The molecule has 13 heavy (non-hydrogen) atoms. The summed E-state index contributed by atoms with van der Waals surface area (Å²) in [5.74, 6) is 0.448. The van der Waals surface area contributed by atoms with E-state index in [0.29, 0.717) is 5.92 Å². The van der Waals surface area contributed by atoms with Crippen LogP contribution in [0.25, 0.3) is 0 Å². The van der Waals surface area contributed by atoms with Crippen LogP contribution < -0.4 is 5.73 Å². The Morgan fingerprint density at radius 2 is 2.38 bits per heavy atom. The van der Waals surface area contributed by atoms with E-state index in [1.54, 1.807) is 0 Å². The summed E-state index contributed by atoms with van der Waals surface area (Å²) in [6, 6.07) is 0. The third-order valence-electron chi connectivity index (χ3n) is 3.12. The zero-order valence-electron chi connectivity index (χ0n) is 8.46. The largest absolute Gasteiger partial charge is 0.394 e. The molecule has 0 amide bonds. The van der Waals surface area contributed by atoms with E-state index in [-0.39, 0.29) is 12.1 Å². The highest BCUT2D eigenvalue weighted by atomic mass is 16.5. The molecular weight excluding hydrogens is 166 g/mol. The Morgan fingerprint density at radius 1 is 1.62 bits per heavy atom. The van der Waals surface area contributed by atoms with Crippen LogP contribution in [0.2, 0.25) is 0 Å². The van der Waals surface area contributed by atoms with Crippen molar-refractivity contribution in [2.75, 3.05) is 19.8 Å². The summed E-state index contributed by atoms with van der Waals surface area (Å²) in [7, 11) is 0. The normalized spacial score (nSPS) is 33.9. The summed E-state index contributed by atoms with van der Waals surface area (Å²) >= 11 is 0. The van der Waals surface area contributed by atoms with Crippen molar-refractivity contribution in [3.63, 3.8) is 0 Å². The van der Waals surface area contributed by atoms with Crippen LogP contribution in [0.15, 0.2) is 0 Å². The fraction of sp³-hybridized carbons (Fsp3) is 1.00. The number of aliphatic hydroxyl groups is 1. The van der Waals surface area contributed by atoms with Gasteiger partial charge in [-0.25, -0.2) is 0 Å². The molecule has 0 aromatic heterocycles. The van der Waals surface area contributed by atoms with Crippen LogP contribution in [-0.4, -0.2) is 30.5 Å². The van der Waals surface area contributed by atoms with Gasteiger partial charge in [0, 0.05) is 18.8 Å². The molecular formula is C10H21NO2. The highest BCUT2D eigenvalue weighted by molar-refractivity contribution is 4.95. The quantitative estimate of drug-likeness (QED) is 0.629. The van der Waals surface area contributed by atoms with Crippen molar-refractivity contribution in [3.05, 3.63) is 0 Å². The Hall–Kier alpha value is -0.120. The molecule has 1 fully saturated rings. The lowest BCUT2D eigenvalue weighted by Crippen LogP contribution is -2.47. The topological polar surface area (TPSA) is 55.5 Å². The molecule has 1 aliphatic carbocycles. The van der Waals surface area contributed by atoms with Gasteiger partial charge in [-0.3, -0.25) is 0 Å². The molecule has 0 aromatic rings. The van der Waals surface area contributed by atoms with Crippen LogP contribution in [0.4, 0.5) is 0 Å². The van der Waals surface area contributed by atoms with Crippen molar-refractivity contribution < 1.29 is 9.84 Å². The second kappa shape index (κ2) is 4.94. The molecule has 3 nitrogen and oxygen atoms in total. The van der Waals surface area contributed by atoms with E-state index in [1.165, 1.54) is 0 Å². The smallest absolute Gasteiger partial charge is 0.0613 e. The van der Waals surface area contributed by atoms with E-state index in [0.717, 1.165) is 38.9 Å². The first-order chi connectivity index (χ1) is 6.23. The van der Waals surface area contributed by atoms with Crippen LogP contribution in [0.3, 0.4) is 0 Å². The molecule has 0 aromatic carbocycles. The maximum absolute atomic E-state index is 9.19. The lowest BCUT2D eigenvalue weighted by Gasteiger charge is -2.29. The van der Waals surface area contributed by atoms with Gasteiger partial charge in [0.05, 0.1) is 6.61 Å². The van der Waals surface area contributed by atoms with Gasteiger partial charge in [0.15, 0.2) is 0 Å². The minimum Gasteiger partial charge on any atom is -0.394 e. The average Bonchev–Trinajstić information content (AvgIpc) is 2.50. The minimum absolute atomic E-state index is 0.115. The van der Waals surface area contributed by atoms with E-state index in [1.807, 2.05) is 6.92 Å². The Morgan fingerprint density at radius 3 is 3.00 bits per heavy atom. The third kappa shape index (κ3) is 2.66. The molecule has 0 heterocycles. The zero-order valence-corrected chi connectivity index (χ0v) is 8.46. The van der Waals surface area contributed by atoms with Gasteiger partial charge in [0.2, 0.25) is 0 Å². The Balaban J connectivity index is 2.31. The number of rotatable bonds is 5. The SMILES string of the molecule is CCOCCC1CCCC1(N)CO. The van der Waals surface area contributed by atoms with E-state index < -0.39 is 0 Å². The molecule has 3 N–H and O–H groups in total. The highest BCUT2D eigenvalue weighted by Gasteiger charge is 2.38. The molecule has 2 unspecified atom stereocenters. The van der Waals surface area contributed by atoms with E-state index >= 15 is 0 Å². The Labute approximate surface area is 80.3 Å². The van der Waals surface area contributed by atoms with Gasteiger partial charge in [0.25, 0.3) is 0 Å². The predicted octanol–water partition coefficient (Wildman–Crippen LogP) is 0.903. The van der Waals surface area contributed by atoms with Crippen LogP contribution in [0, 0.1) is 5.92 Å². The summed E-state index contributed by atoms with van der Waals surface area (Å²) in [5.41, 5.74) is 5.76. The third-order valence-corrected chi connectivity index (χ3v) is 3.12. The molecule has 1 aliphatic rings. The van der Waals surface area contributed by atoms with Crippen molar-refractivity contribution in [1.29, 1.82) is 0 Å². The lowest BCUT2D eigenvalue weighted by atomic mass is 9.87. The zero-order chi connectivity index (χ0) is 9.73. The molecule has 3 heteroatoms. The first kappa shape index (κ1) is 11.0. The molecule has 0 saturated heterocycles. The first-order valence-corrected chi connectivity index (χ1v) is 5.20. The Kier molecular flexibility index (Phi) is 4.16. The summed E-state index contributed by atoms with van der Waals surface area (Å²) in [4.78, 5) is 0. The van der Waals surface area contributed by atoms with Gasteiger partial charge in [0.1, 0.15) is 0 Å². The lowest BCUT2D eigenvalue weighted by molar-refractivity contribution is 0.101. The highest BCUT2D eigenvalue weighted by Crippen LogP contribution is 2.35. The summed E-state index contributed by atoms with van der Waals surface area (Å²) in [5, 5.41) is 9.19. The molecule has 1 saturated carbocycles. The van der Waals surface area contributed by atoms with Crippen molar-refractivity contribution in [3.8, 4) is 0 Å². The molecule has 78 valence electrons. The number of aliphatic hydroxyl groups excluding tert-OH is 1.